The second kappa shape index (κ2) is 22.7. The summed E-state index contributed by atoms with van der Waals surface area (Å²) in [4.78, 5) is 84.2. The number of hydrogen-bond acceptors (Lipinski definition) is 15. The molecule has 0 aliphatic carbocycles. The van der Waals surface area contributed by atoms with Crippen molar-refractivity contribution in [1.82, 2.24) is 0 Å². The van der Waals surface area contributed by atoms with Crippen molar-refractivity contribution in [2.24, 2.45) is 0 Å². The van der Waals surface area contributed by atoms with Gasteiger partial charge in [0.2, 0.25) is 5.82 Å². The third kappa shape index (κ3) is 13.0. The summed E-state index contributed by atoms with van der Waals surface area (Å²) < 4.78 is 39.0. The number of nitrogens with zero attached hydrogens (tertiary/aromatic N) is 2. The van der Waals surface area contributed by atoms with E-state index in [0.29, 0.717) is 22.4 Å². The van der Waals surface area contributed by atoms with Crippen LogP contribution in [0.5, 0.6) is 11.5 Å². The van der Waals surface area contributed by atoms with E-state index < -0.39 is 50.5 Å². The molecule has 0 radical (unpaired) electrons. The van der Waals surface area contributed by atoms with Crippen molar-refractivity contribution in [2.75, 3.05) is 21.3 Å². The van der Waals surface area contributed by atoms with E-state index in [1.165, 1.54) is 33.3 Å². The lowest BCUT2D eigenvalue weighted by molar-refractivity contribution is -0.387. The molecule has 1 heterocycles. The van der Waals surface area contributed by atoms with Crippen molar-refractivity contribution in [1.29, 1.82) is 0 Å². The molecule has 0 saturated carbocycles. The first-order valence-electron chi connectivity index (χ1n) is 20.1. The topological polar surface area (TPSA) is 235 Å². The van der Waals surface area contributed by atoms with Crippen molar-refractivity contribution in [3.05, 3.63) is 172 Å². The van der Waals surface area contributed by atoms with Gasteiger partial charge < -0.3 is 23.7 Å². The van der Waals surface area contributed by atoms with Gasteiger partial charge in [-0.1, -0.05) is 59.7 Å². The molecular weight excluding hydrogens is 876 g/mol. The molecule has 1 aliphatic heterocycles. The molecule has 5 aromatic carbocycles. The lowest BCUT2D eigenvalue weighted by Gasteiger charge is -2.35. The quantitative estimate of drug-likeness (QED) is 0.0580. The number of aryl methyl sites for hydroxylation is 5. The van der Waals surface area contributed by atoms with Crippen LogP contribution in [0.1, 0.15) is 96.4 Å². The van der Waals surface area contributed by atoms with Gasteiger partial charge in [-0.05, 0) is 102 Å². The minimum atomic E-state index is -1.02. The number of rotatable bonds is 9. The SMILES string of the molecule is COC(=O)c1cc([N+](=O)[O-])c(F)cc1C.COC(=O)c1cc([N+](=O)[O-])c(OC(C)(C)c2cccc(C)c2)cc1C.COC(=O)c1cc2c(cc1C)OC(C)(c1cccc(C)c1)C(=O)C2.O=C=O. The van der Waals surface area contributed by atoms with Crippen molar-refractivity contribution in [2.45, 2.75) is 73.0 Å². The van der Waals surface area contributed by atoms with Crippen LogP contribution in [0.3, 0.4) is 0 Å². The summed E-state index contributed by atoms with van der Waals surface area (Å²) in [7, 11) is 3.73. The smallest absolute Gasteiger partial charge is 0.373 e. The minimum absolute atomic E-state index is 0.00870. The number of Topliss-reactive ketones (excluding diaryl/α,β-unsaturated/α-hetero) is 1. The maximum Gasteiger partial charge on any atom is 0.373 e. The van der Waals surface area contributed by atoms with E-state index in [1.54, 1.807) is 19.9 Å². The Labute approximate surface area is 385 Å². The van der Waals surface area contributed by atoms with Gasteiger partial charge in [-0.3, -0.25) is 25.0 Å². The predicted octanol–water partition coefficient (Wildman–Crippen LogP) is 9.07. The van der Waals surface area contributed by atoms with Gasteiger partial charge in [-0.15, -0.1) is 0 Å². The molecule has 0 fully saturated rings. The summed E-state index contributed by atoms with van der Waals surface area (Å²) >= 11 is 0. The fraction of sp³-hybridized carbons (Fsp3) is 0.286. The number of carbonyl (C=O) groups is 4. The Bertz CT molecular complexity index is 2760. The van der Waals surface area contributed by atoms with Crippen LogP contribution < -0.4 is 9.47 Å². The first-order valence-corrected chi connectivity index (χ1v) is 20.1. The van der Waals surface area contributed by atoms with E-state index in [2.05, 4.69) is 9.47 Å². The summed E-state index contributed by atoms with van der Waals surface area (Å²) in [5.41, 5.74) is 4.02. The standard InChI is InChI=1S/C20H20O4.C19H21NO5.C9H8FNO4.CO2/c1-12-6-5-7-15(8-12)20(3)18(21)11-14-10-16(19(22)23-4)13(2)9-17(14)24-20;1-12-7-6-8-14(9-12)19(3,4)25-17-10-13(2)15(18(21)24-5)11-16(17)20(22)23;1-5-3-7(10)8(11(13)14)4-6(5)9(12)15-2;2-1-3/h5-10H,11H2,1-4H3;6-11H,1-5H3;3-4H,1-2H3;. The molecule has 18 heteroatoms. The number of methoxy groups -OCH3 is 3. The van der Waals surface area contributed by atoms with Gasteiger partial charge in [0.15, 0.2) is 17.1 Å². The van der Waals surface area contributed by atoms with Crippen LogP contribution in [0.2, 0.25) is 0 Å². The van der Waals surface area contributed by atoms with Crippen LogP contribution >= 0.6 is 0 Å². The van der Waals surface area contributed by atoms with Crippen LogP contribution in [0.15, 0.2) is 84.9 Å². The normalized spacial score (nSPS) is 13.4. The highest BCUT2D eigenvalue weighted by Gasteiger charge is 2.42. The van der Waals surface area contributed by atoms with E-state index in [-0.39, 0.29) is 40.9 Å². The fourth-order valence-corrected chi connectivity index (χ4v) is 6.78. The molecule has 17 nitrogen and oxygen atoms in total. The van der Waals surface area contributed by atoms with Gasteiger partial charge in [0.05, 0.1) is 47.9 Å². The van der Waals surface area contributed by atoms with E-state index in [9.17, 15) is 43.8 Å². The maximum absolute atomic E-state index is 13.1. The Morgan fingerprint density at radius 3 is 1.66 bits per heavy atom. The van der Waals surface area contributed by atoms with Crippen LogP contribution in [-0.2, 0) is 46.2 Å². The largest absolute Gasteiger partial charge is 0.476 e. The first kappa shape index (κ1) is 53.2. The number of ether oxygens (including phenoxy) is 5. The molecular formula is C49H49FN2O15. The zero-order valence-corrected chi connectivity index (χ0v) is 38.7. The number of carbonyl (C=O) groups excluding carboxylic acids is 6. The number of hydrogen-bond donors (Lipinski definition) is 0. The Morgan fingerprint density at radius 2 is 1.16 bits per heavy atom. The monoisotopic (exact) mass is 924 g/mol. The zero-order valence-electron chi connectivity index (χ0n) is 38.7. The third-order valence-electron chi connectivity index (χ3n) is 10.5. The highest BCUT2D eigenvalue weighted by Crippen LogP contribution is 2.40. The molecule has 0 aromatic heterocycles. The summed E-state index contributed by atoms with van der Waals surface area (Å²) in [6.45, 7) is 14.4. The second-order valence-electron chi connectivity index (χ2n) is 15.7. The Balaban J connectivity index is 0.000000266. The summed E-state index contributed by atoms with van der Waals surface area (Å²) in [5.74, 6) is -1.99. The molecule has 1 aliphatic rings. The van der Waals surface area contributed by atoms with E-state index in [4.69, 9.17) is 23.8 Å². The number of esters is 3. The Hall–Kier alpha value is -8.11. The van der Waals surface area contributed by atoms with Gasteiger partial charge in [-0.25, -0.2) is 14.4 Å². The molecule has 0 bridgehead atoms. The molecule has 1 unspecified atom stereocenters. The van der Waals surface area contributed by atoms with Gasteiger partial charge in [0, 0.05) is 29.7 Å². The van der Waals surface area contributed by atoms with Crippen molar-refractivity contribution < 1.29 is 66.7 Å². The molecule has 352 valence electrons. The average Bonchev–Trinajstić information content (AvgIpc) is 3.26. The molecule has 1 atom stereocenters. The molecule has 67 heavy (non-hydrogen) atoms. The lowest BCUT2D eigenvalue weighted by atomic mass is 9.84. The first-order chi connectivity index (χ1) is 31.4. The van der Waals surface area contributed by atoms with Gasteiger partial charge >= 0.3 is 35.4 Å². The van der Waals surface area contributed by atoms with Crippen LogP contribution in [0, 0.1) is 60.7 Å². The number of nitro benzene ring substituents is 2. The lowest BCUT2D eigenvalue weighted by Crippen LogP contribution is -2.43. The number of benzene rings is 5. The average molecular weight is 925 g/mol. The molecule has 6 rings (SSSR count). The molecule has 0 spiro atoms. The highest BCUT2D eigenvalue weighted by molar-refractivity contribution is 5.95. The fourth-order valence-electron chi connectivity index (χ4n) is 6.78. The highest BCUT2D eigenvalue weighted by atomic mass is 19.1. The zero-order chi connectivity index (χ0) is 50.6. The van der Waals surface area contributed by atoms with Crippen molar-refractivity contribution in [3.63, 3.8) is 0 Å². The van der Waals surface area contributed by atoms with E-state index >= 15 is 0 Å². The molecule has 0 amide bonds. The molecule has 0 N–H and O–H groups in total. The Morgan fingerprint density at radius 1 is 0.701 bits per heavy atom. The molecule has 5 aromatic rings. The van der Waals surface area contributed by atoms with Crippen LogP contribution in [0.25, 0.3) is 0 Å². The number of fused-ring (bicyclic) bond motifs is 1. The van der Waals surface area contributed by atoms with Gasteiger partial charge in [-0.2, -0.15) is 14.0 Å². The van der Waals surface area contributed by atoms with Crippen LogP contribution in [-0.4, -0.2) is 61.0 Å². The van der Waals surface area contributed by atoms with Gasteiger partial charge in [0.1, 0.15) is 11.4 Å². The summed E-state index contributed by atoms with van der Waals surface area (Å²) in [6, 6.07) is 23.6. The van der Waals surface area contributed by atoms with Crippen molar-refractivity contribution >= 4 is 41.2 Å². The van der Waals surface area contributed by atoms with E-state index in [0.717, 1.165) is 52.6 Å². The second-order valence-corrected chi connectivity index (χ2v) is 15.7. The predicted molar refractivity (Wildman–Crippen MR) is 239 cm³/mol. The minimum Gasteiger partial charge on any atom is -0.476 e. The number of ketones is 1. The van der Waals surface area contributed by atoms with Crippen LogP contribution in [0.4, 0.5) is 15.8 Å². The number of halogens is 1. The Kier molecular flexibility index (Phi) is 18.0. The third-order valence-corrected chi connectivity index (χ3v) is 10.5. The summed E-state index contributed by atoms with van der Waals surface area (Å²) in [5, 5.41) is 21.9. The number of nitro groups is 2. The molecule has 0 saturated heterocycles. The maximum atomic E-state index is 13.1. The summed E-state index contributed by atoms with van der Waals surface area (Å²) in [6.07, 6.45) is 0.476. The van der Waals surface area contributed by atoms with Gasteiger partial charge in [0.25, 0.3) is 0 Å². The van der Waals surface area contributed by atoms with Crippen molar-refractivity contribution in [3.8, 4) is 11.5 Å². The van der Waals surface area contributed by atoms with E-state index in [1.807, 2.05) is 89.2 Å².